The van der Waals surface area contributed by atoms with Crippen molar-refractivity contribution in [3.63, 3.8) is 0 Å². The first kappa shape index (κ1) is 15.0. The third kappa shape index (κ3) is 13.1. The fraction of sp³-hybridized carbons (Fsp3) is 1.00. The molecule has 12 heavy (non-hydrogen) atoms. The van der Waals surface area contributed by atoms with Crippen molar-refractivity contribution in [1.29, 1.82) is 0 Å². The summed E-state index contributed by atoms with van der Waals surface area (Å²) < 4.78 is 28.8. The molecule has 0 spiro atoms. The predicted octanol–water partition coefficient (Wildman–Crippen LogP) is -1.15. The first-order valence-electron chi connectivity index (χ1n) is 4.01. The SMILES string of the molecule is CCCCCCCS(=O)(=O)O.[Li+]. The van der Waals surface area contributed by atoms with E-state index in [1.807, 2.05) is 0 Å². The second-order valence-electron chi connectivity index (χ2n) is 2.70. The molecule has 0 atom stereocenters. The molecule has 1 N–H and O–H groups in total. The Morgan fingerprint density at radius 2 is 1.58 bits per heavy atom. The molecule has 0 fully saturated rings. The molecule has 0 saturated heterocycles. The zero-order chi connectivity index (χ0) is 8.74. The second kappa shape index (κ2) is 8.12. The monoisotopic (exact) mass is 187 g/mol. The molecule has 0 aromatic rings. The van der Waals surface area contributed by atoms with E-state index in [9.17, 15) is 8.42 Å². The molecule has 0 aliphatic carbocycles. The number of rotatable bonds is 6. The Bertz CT molecular complexity index is 177. The van der Waals surface area contributed by atoms with Crippen molar-refractivity contribution in [1.82, 2.24) is 0 Å². The van der Waals surface area contributed by atoms with Gasteiger partial charge in [0.15, 0.2) is 0 Å². The van der Waals surface area contributed by atoms with E-state index in [0.29, 0.717) is 6.42 Å². The maximum atomic E-state index is 10.2. The molecule has 0 heterocycles. The van der Waals surface area contributed by atoms with Crippen molar-refractivity contribution in [3.8, 4) is 0 Å². The topological polar surface area (TPSA) is 54.4 Å². The molecule has 0 unspecified atom stereocenters. The van der Waals surface area contributed by atoms with Gasteiger partial charge in [-0.1, -0.05) is 32.6 Å². The van der Waals surface area contributed by atoms with Crippen LogP contribution in [0, 0.1) is 0 Å². The molecule has 3 nitrogen and oxygen atoms in total. The number of hydrogen-bond donors (Lipinski definition) is 1. The molecule has 0 aliphatic rings. The van der Waals surface area contributed by atoms with Gasteiger partial charge < -0.3 is 0 Å². The minimum Gasteiger partial charge on any atom is -0.286 e. The fourth-order valence-electron chi connectivity index (χ4n) is 0.888. The first-order valence-corrected chi connectivity index (χ1v) is 5.62. The van der Waals surface area contributed by atoms with Gasteiger partial charge in [0.1, 0.15) is 0 Å². The van der Waals surface area contributed by atoms with Crippen molar-refractivity contribution in [3.05, 3.63) is 0 Å². The van der Waals surface area contributed by atoms with Crippen molar-refractivity contribution in [2.24, 2.45) is 0 Å². The van der Waals surface area contributed by atoms with Crippen LogP contribution in [0.15, 0.2) is 0 Å². The van der Waals surface area contributed by atoms with Gasteiger partial charge in [-0.25, -0.2) is 0 Å². The maximum absolute atomic E-state index is 10.2. The molecule has 68 valence electrons. The zero-order valence-electron chi connectivity index (χ0n) is 7.91. The van der Waals surface area contributed by atoms with Crippen molar-refractivity contribution < 1.29 is 31.8 Å². The smallest absolute Gasteiger partial charge is 0.286 e. The summed E-state index contributed by atoms with van der Waals surface area (Å²) in [7, 11) is -3.71. The summed E-state index contributed by atoms with van der Waals surface area (Å²) in [6, 6.07) is 0. The predicted molar refractivity (Wildman–Crippen MR) is 45.2 cm³/mol. The van der Waals surface area contributed by atoms with Crippen LogP contribution in [0.1, 0.15) is 39.0 Å². The quantitative estimate of drug-likeness (QED) is 0.324. The van der Waals surface area contributed by atoms with Crippen LogP contribution >= 0.6 is 0 Å². The molecule has 0 aromatic carbocycles. The van der Waals surface area contributed by atoms with Gasteiger partial charge in [0.25, 0.3) is 10.1 Å². The van der Waals surface area contributed by atoms with Crippen LogP contribution in [0.4, 0.5) is 0 Å². The third-order valence-corrected chi connectivity index (χ3v) is 2.31. The Kier molecular flexibility index (Phi) is 10.2. The first-order chi connectivity index (χ1) is 5.06. The average Bonchev–Trinajstić information content (AvgIpc) is 1.85. The Morgan fingerprint density at radius 1 is 1.08 bits per heavy atom. The van der Waals surface area contributed by atoms with Crippen LogP contribution in [0.2, 0.25) is 0 Å². The van der Waals surface area contributed by atoms with Crippen LogP contribution in [-0.2, 0) is 10.1 Å². The molecular weight excluding hydrogens is 171 g/mol. The molecule has 0 bridgehead atoms. The van der Waals surface area contributed by atoms with E-state index in [0.717, 1.165) is 25.7 Å². The third-order valence-electron chi connectivity index (χ3n) is 1.51. The van der Waals surface area contributed by atoms with E-state index in [1.54, 1.807) is 0 Å². The summed E-state index contributed by atoms with van der Waals surface area (Å²) in [5.41, 5.74) is 0. The largest absolute Gasteiger partial charge is 1.00 e. The van der Waals surface area contributed by atoms with Gasteiger partial charge in [-0.15, -0.1) is 0 Å². The molecular formula is C7H16LiO3S+. The fourth-order valence-corrected chi connectivity index (χ4v) is 1.46. The van der Waals surface area contributed by atoms with Crippen LogP contribution < -0.4 is 18.9 Å². The average molecular weight is 187 g/mol. The molecule has 0 radical (unpaired) electrons. The van der Waals surface area contributed by atoms with Gasteiger partial charge in [-0.3, -0.25) is 4.55 Å². The summed E-state index contributed by atoms with van der Waals surface area (Å²) >= 11 is 0. The number of hydrogen-bond acceptors (Lipinski definition) is 2. The summed E-state index contributed by atoms with van der Waals surface area (Å²) in [5, 5.41) is 0. The van der Waals surface area contributed by atoms with E-state index in [1.165, 1.54) is 0 Å². The van der Waals surface area contributed by atoms with Gasteiger partial charge in [0, 0.05) is 0 Å². The molecule has 0 aromatic heterocycles. The standard InChI is InChI=1S/C7H16O3S.Li/c1-2-3-4-5-6-7-11(8,9)10;/h2-7H2,1H3,(H,8,9,10);/q;+1. The summed E-state index contributed by atoms with van der Waals surface area (Å²) in [6.45, 7) is 2.10. The van der Waals surface area contributed by atoms with Crippen molar-refractivity contribution in [2.45, 2.75) is 39.0 Å². The van der Waals surface area contributed by atoms with Crippen LogP contribution in [0.25, 0.3) is 0 Å². The van der Waals surface area contributed by atoms with Gasteiger partial charge in [0.05, 0.1) is 5.75 Å². The molecule has 0 amide bonds. The number of unbranched alkanes of at least 4 members (excludes halogenated alkanes) is 4. The van der Waals surface area contributed by atoms with E-state index in [-0.39, 0.29) is 24.6 Å². The minimum atomic E-state index is -3.71. The van der Waals surface area contributed by atoms with Gasteiger partial charge in [-0.2, -0.15) is 8.42 Å². The Hall–Kier alpha value is 0.507. The zero-order valence-corrected chi connectivity index (χ0v) is 8.73. The molecule has 0 saturated carbocycles. The normalized spacial score (nSPS) is 10.8. The van der Waals surface area contributed by atoms with Crippen LogP contribution in [-0.4, -0.2) is 18.7 Å². The van der Waals surface area contributed by atoms with Crippen LogP contribution in [0.5, 0.6) is 0 Å². The summed E-state index contributed by atoms with van der Waals surface area (Å²) in [5.74, 6) is -0.0866. The minimum absolute atomic E-state index is 0. The summed E-state index contributed by atoms with van der Waals surface area (Å²) in [6.07, 6.45) is 4.83. The summed E-state index contributed by atoms with van der Waals surface area (Å²) in [4.78, 5) is 0. The van der Waals surface area contributed by atoms with E-state index < -0.39 is 10.1 Å². The van der Waals surface area contributed by atoms with E-state index in [4.69, 9.17) is 4.55 Å². The van der Waals surface area contributed by atoms with E-state index in [2.05, 4.69) is 6.92 Å². The van der Waals surface area contributed by atoms with Crippen LogP contribution in [0.3, 0.4) is 0 Å². The molecule has 0 rings (SSSR count). The maximum Gasteiger partial charge on any atom is 1.00 e. The van der Waals surface area contributed by atoms with E-state index >= 15 is 0 Å². The Labute approximate surface area is 86.9 Å². The second-order valence-corrected chi connectivity index (χ2v) is 4.27. The van der Waals surface area contributed by atoms with Gasteiger partial charge >= 0.3 is 18.9 Å². The van der Waals surface area contributed by atoms with Gasteiger partial charge in [0.2, 0.25) is 0 Å². The molecule has 0 aliphatic heterocycles. The Balaban J connectivity index is 0. The van der Waals surface area contributed by atoms with Gasteiger partial charge in [-0.05, 0) is 6.42 Å². The van der Waals surface area contributed by atoms with Crippen molar-refractivity contribution >= 4 is 10.1 Å². The Morgan fingerprint density at radius 3 is 2.00 bits per heavy atom. The van der Waals surface area contributed by atoms with Crippen molar-refractivity contribution in [2.75, 3.05) is 5.75 Å². The molecule has 5 heteroatoms.